The van der Waals surface area contributed by atoms with E-state index < -0.39 is 0 Å². The van der Waals surface area contributed by atoms with E-state index in [0.29, 0.717) is 24.1 Å². The number of hydrogen-bond donors (Lipinski definition) is 1. The quantitative estimate of drug-likeness (QED) is 0.630. The minimum Gasteiger partial charge on any atom is -0.462 e. The molecule has 178 valence electrons. The number of carbonyl (C=O) groups excluding carboxylic acids is 2. The molecule has 6 nitrogen and oxygen atoms in total. The number of carbonyl (C=O) groups is 2. The molecule has 0 radical (unpaired) electrons. The maximum Gasteiger partial charge on any atom is 0.311 e. The molecule has 1 amide bonds. The number of anilines is 1. The van der Waals surface area contributed by atoms with Crippen LogP contribution in [0.1, 0.15) is 81.3 Å². The summed E-state index contributed by atoms with van der Waals surface area (Å²) in [6.07, 6.45) is 2.78. The maximum atomic E-state index is 13.3. The number of amides is 1. The van der Waals surface area contributed by atoms with Gasteiger partial charge in [0.2, 0.25) is 0 Å². The van der Waals surface area contributed by atoms with Gasteiger partial charge in [0, 0.05) is 43.6 Å². The fourth-order valence-corrected chi connectivity index (χ4v) is 5.05. The van der Waals surface area contributed by atoms with E-state index >= 15 is 0 Å². The lowest BCUT2D eigenvalue weighted by Crippen LogP contribution is -2.43. The number of benzene rings is 1. The summed E-state index contributed by atoms with van der Waals surface area (Å²) in [7, 11) is 0. The summed E-state index contributed by atoms with van der Waals surface area (Å²) in [4.78, 5) is 28.1. The summed E-state index contributed by atoms with van der Waals surface area (Å²) >= 11 is 0. The average molecular weight is 445 g/mol. The zero-order chi connectivity index (χ0) is 23.4. The summed E-state index contributed by atoms with van der Waals surface area (Å²) in [5.74, 6) is -0.120. The molecular weight excluding hydrogens is 404 g/mol. The number of nitrogens with one attached hydrogen (secondary N) is 1. The van der Waals surface area contributed by atoms with Gasteiger partial charge in [-0.3, -0.25) is 9.59 Å². The Balaban J connectivity index is 1.85. The van der Waals surface area contributed by atoms with E-state index in [1.54, 1.807) is 0 Å². The second kappa shape index (κ2) is 10.7. The second-order valence-electron chi connectivity index (χ2n) is 9.77. The van der Waals surface area contributed by atoms with Gasteiger partial charge in [0.15, 0.2) is 0 Å². The van der Waals surface area contributed by atoms with Crippen LogP contribution in [0.4, 0.5) is 5.69 Å². The largest absolute Gasteiger partial charge is 0.462 e. The summed E-state index contributed by atoms with van der Waals surface area (Å²) in [6.45, 7) is 15.3. The molecule has 2 heterocycles. The van der Waals surface area contributed by atoms with Gasteiger partial charge in [-0.25, -0.2) is 0 Å². The normalized spacial score (nSPS) is 24.3. The van der Waals surface area contributed by atoms with E-state index in [9.17, 15) is 9.59 Å². The first kappa shape index (κ1) is 24.6. The highest BCUT2D eigenvalue weighted by molar-refractivity contribution is 5.97. The number of ether oxygens (including phenoxy) is 2. The lowest BCUT2D eigenvalue weighted by molar-refractivity contribution is -0.162. The van der Waals surface area contributed by atoms with Crippen molar-refractivity contribution in [3.63, 3.8) is 0 Å². The van der Waals surface area contributed by atoms with Gasteiger partial charge in [-0.15, -0.1) is 0 Å². The van der Waals surface area contributed by atoms with Crippen LogP contribution in [0.2, 0.25) is 0 Å². The molecule has 3 unspecified atom stereocenters. The van der Waals surface area contributed by atoms with Gasteiger partial charge in [0.25, 0.3) is 5.91 Å². The molecule has 3 rings (SSSR count). The lowest BCUT2D eigenvalue weighted by Gasteiger charge is -2.37. The van der Waals surface area contributed by atoms with Crippen LogP contribution in [0.5, 0.6) is 0 Å². The molecule has 1 N–H and O–H groups in total. The molecule has 1 aromatic carbocycles. The molecule has 0 aliphatic carbocycles. The minimum absolute atomic E-state index is 0.0535. The zero-order valence-corrected chi connectivity index (χ0v) is 20.6. The zero-order valence-electron chi connectivity index (χ0n) is 20.6. The van der Waals surface area contributed by atoms with Gasteiger partial charge < -0.3 is 19.7 Å². The van der Waals surface area contributed by atoms with Gasteiger partial charge in [-0.1, -0.05) is 20.8 Å². The Morgan fingerprint density at radius 2 is 1.91 bits per heavy atom. The molecule has 2 aliphatic rings. The molecule has 0 bridgehead atoms. The van der Waals surface area contributed by atoms with Crippen molar-refractivity contribution in [2.45, 2.75) is 78.9 Å². The van der Waals surface area contributed by atoms with Gasteiger partial charge in [0.1, 0.15) is 0 Å². The number of nitrogens with zero attached hydrogens (tertiary/aromatic N) is 1. The minimum atomic E-state index is -0.294. The van der Waals surface area contributed by atoms with Crippen molar-refractivity contribution in [2.75, 3.05) is 31.2 Å². The van der Waals surface area contributed by atoms with Crippen LogP contribution in [0.3, 0.4) is 0 Å². The van der Waals surface area contributed by atoms with Gasteiger partial charge >= 0.3 is 5.97 Å². The molecule has 0 aromatic heterocycles. The Bertz CT molecular complexity index is 816. The summed E-state index contributed by atoms with van der Waals surface area (Å²) in [5, 5.41) is 3.04. The first-order valence-electron chi connectivity index (χ1n) is 12.2. The number of esters is 1. The van der Waals surface area contributed by atoms with Crippen LogP contribution in [-0.4, -0.2) is 50.3 Å². The van der Waals surface area contributed by atoms with Gasteiger partial charge in [-0.05, 0) is 75.1 Å². The van der Waals surface area contributed by atoms with E-state index in [1.807, 2.05) is 19.9 Å². The Hall–Kier alpha value is -2.08. The van der Waals surface area contributed by atoms with Crippen molar-refractivity contribution in [3.8, 4) is 0 Å². The lowest BCUT2D eigenvalue weighted by atomic mass is 9.86. The van der Waals surface area contributed by atoms with Crippen molar-refractivity contribution in [3.05, 3.63) is 28.8 Å². The first-order chi connectivity index (χ1) is 15.2. The van der Waals surface area contributed by atoms with Crippen LogP contribution in [0.25, 0.3) is 0 Å². The third-order valence-corrected chi connectivity index (χ3v) is 7.09. The Labute approximate surface area is 193 Å². The fraction of sp³-hybridized carbons (Fsp3) is 0.692. The second-order valence-corrected chi connectivity index (χ2v) is 9.77. The number of cyclic esters (lactones) is 1. The number of rotatable bonds is 7. The van der Waals surface area contributed by atoms with Gasteiger partial charge in [0.05, 0.1) is 12.0 Å². The first-order valence-corrected chi connectivity index (χ1v) is 12.2. The van der Waals surface area contributed by atoms with Crippen molar-refractivity contribution in [2.24, 2.45) is 11.8 Å². The summed E-state index contributed by atoms with van der Waals surface area (Å²) < 4.78 is 11.0. The Morgan fingerprint density at radius 1 is 1.22 bits per heavy atom. The molecule has 3 atom stereocenters. The SMILES string of the molecule is CCN(c1cc(C(C)C)cc(C(=O)NCC2C(=O)OC(C)CC2C)c1C)C1CCOCC1. The summed E-state index contributed by atoms with van der Waals surface area (Å²) in [6, 6.07) is 4.68. The highest BCUT2D eigenvalue weighted by Crippen LogP contribution is 2.32. The van der Waals surface area contributed by atoms with Crippen LogP contribution >= 0.6 is 0 Å². The highest BCUT2D eigenvalue weighted by Gasteiger charge is 2.34. The predicted molar refractivity (Wildman–Crippen MR) is 127 cm³/mol. The molecule has 32 heavy (non-hydrogen) atoms. The molecule has 1 aromatic rings. The van der Waals surface area contributed by atoms with E-state index in [1.165, 1.54) is 0 Å². The standard InChI is InChI=1S/C26H40N2O4/c1-7-28(21-8-10-31-11-9-21)24-14-20(16(2)3)13-22(19(24)6)25(29)27-15-23-17(4)12-18(5)32-26(23)30/h13-14,16-18,21,23H,7-12,15H2,1-6H3,(H,27,29). The van der Waals surface area contributed by atoms with Crippen LogP contribution < -0.4 is 10.2 Å². The van der Waals surface area contributed by atoms with Crippen molar-refractivity contribution in [1.29, 1.82) is 0 Å². The smallest absolute Gasteiger partial charge is 0.311 e. The predicted octanol–water partition coefficient (Wildman–Crippen LogP) is 4.44. The van der Waals surface area contributed by atoms with E-state index in [2.05, 4.69) is 44.0 Å². The third-order valence-electron chi connectivity index (χ3n) is 7.09. The van der Waals surface area contributed by atoms with Gasteiger partial charge in [-0.2, -0.15) is 0 Å². The van der Waals surface area contributed by atoms with E-state index in [4.69, 9.17) is 9.47 Å². The number of hydrogen-bond acceptors (Lipinski definition) is 5. The van der Waals surface area contributed by atoms with E-state index in [0.717, 1.165) is 55.8 Å². The highest BCUT2D eigenvalue weighted by atomic mass is 16.5. The van der Waals surface area contributed by atoms with Crippen LogP contribution in [0.15, 0.2) is 12.1 Å². The molecule has 0 saturated carbocycles. The molecule has 2 saturated heterocycles. The molecule has 2 aliphatic heterocycles. The average Bonchev–Trinajstić information content (AvgIpc) is 2.75. The molecule has 2 fully saturated rings. The van der Waals surface area contributed by atoms with E-state index in [-0.39, 0.29) is 29.8 Å². The van der Waals surface area contributed by atoms with Crippen LogP contribution in [0, 0.1) is 18.8 Å². The summed E-state index contributed by atoms with van der Waals surface area (Å²) in [5.41, 5.74) is 3.98. The fourth-order valence-electron chi connectivity index (χ4n) is 5.05. The van der Waals surface area contributed by atoms with Crippen molar-refractivity contribution in [1.82, 2.24) is 5.32 Å². The molecule has 6 heteroatoms. The Kier molecular flexibility index (Phi) is 8.21. The third kappa shape index (κ3) is 5.45. The topological polar surface area (TPSA) is 67.9 Å². The van der Waals surface area contributed by atoms with Crippen molar-refractivity contribution < 1.29 is 19.1 Å². The molecular formula is C26H40N2O4. The Morgan fingerprint density at radius 3 is 2.50 bits per heavy atom. The van der Waals surface area contributed by atoms with Crippen molar-refractivity contribution >= 4 is 17.6 Å². The van der Waals surface area contributed by atoms with Crippen LogP contribution in [-0.2, 0) is 14.3 Å². The maximum absolute atomic E-state index is 13.3. The molecule has 0 spiro atoms. The monoisotopic (exact) mass is 444 g/mol.